The Balaban J connectivity index is 0.930. The Hall–Kier alpha value is -9.78. The predicted molar refractivity (Wildman–Crippen MR) is 276 cm³/mol. The van der Waals surface area contributed by atoms with Crippen LogP contribution in [0.3, 0.4) is 0 Å². The van der Waals surface area contributed by atoms with Gasteiger partial charge in [-0.2, -0.15) is 0 Å². The highest BCUT2D eigenvalue weighted by atomic mass is 16.6. The standard InChI is InChI=1S/C54H49N9O10/c1-56-33-46(62(7)52(68)38-15-25-42(26-16-38)58(3)48(64)34-9-23-41(24-10-34)59(4)51(67)37-17-31-45(32-18-37)63(71)72)55-47(56)53(69)61(6)44-27-13-36(14-28-44)49(65)57(2)40-21-11-35(12-22-40)50(66)60(5)43-29-19-39(20-30-43)54(70)73-8/h9-33H,1-8H3. The molecule has 1 heterocycles. The molecule has 0 spiro atoms. The van der Waals surface area contributed by atoms with Crippen LogP contribution in [0.25, 0.3) is 0 Å². The van der Waals surface area contributed by atoms with Crippen molar-refractivity contribution >= 4 is 81.4 Å². The summed E-state index contributed by atoms with van der Waals surface area (Å²) in [6.45, 7) is 0. The average molecular weight is 984 g/mol. The molecule has 1 aromatic heterocycles. The van der Waals surface area contributed by atoms with E-state index in [4.69, 9.17) is 4.74 Å². The van der Waals surface area contributed by atoms with Crippen molar-refractivity contribution in [2.75, 3.05) is 78.8 Å². The zero-order valence-electron chi connectivity index (χ0n) is 41.0. The second-order valence-electron chi connectivity index (χ2n) is 16.7. The number of non-ortho nitro benzene ring substituents is 1. The van der Waals surface area contributed by atoms with Gasteiger partial charge in [0, 0.05) is 124 Å². The van der Waals surface area contributed by atoms with Crippen LogP contribution in [0.1, 0.15) is 72.8 Å². The van der Waals surface area contributed by atoms with E-state index in [1.807, 2.05) is 0 Å². The number of amides is 6. The third kappa shape index (κ3) is 10.8. The molecule has 0 aliphatic rings. The van der Waals surface area contributed by atoms with Crippen molar-refractivity contribution in [1.29, 1.82) is 0 Å². The lowest BCUT2D eigenvalue weighted by Crippen LogP contribution is -2.30. The molecule has 0 bridgehead atoms. The van der Waals surface area contributed by atoms with Gasteiger partial charge in [0.2, 0.25) is 5.82 Å². The molecule has 7 aromatic rings. The number of nitrogens with zero attached hydrogens (tertiary/aromatic N) is 9. The van der Waals surface area contributed by atoms with Crippen LogP contribution in [-0.4, -0.2) is 105 Å². The summed E-state index contributed by atoms with van der Waals surface area (Å²) in [5, 5.41) is 11.0. The summed E-state index contributed by atoms with van der Waals surface area (Å²) in [6.07, 6.45) is 1.55. The summed E-state index contributed by atoms with van der Waals surface area (Å²) >= 11 is 0. The van der Waals surface area contributed by atoms with Crippen molar-refractivity contribution in [3.05, 3.63) is 201 Å². The van der Waals surface area contributed by atoms with E-state index in [-0.39, 0.29) is 46.5 Å². The van der Waals surface area contributed by atoms with E-state index >= 15 is 0 Å². The number of carbonyl (C=O) groups excluding carboxylic acids is 7. The summed E-state index contributed by atoms with van der Waals surface area (Å²) in [7, 11) is 12.4. The number of imidazole rings is 1. The first-order chi connectivity index (χ1) is 34.8. The van der Waals surface area contributed by atoms with Gasteiger partial charge in [0.1, 0.15) is 0 Å². The third-order valence-corrected chi connectivity index (χ3v) is 12.2. The van der Waals surface area contributed by atoms with Crippen molar-refractivity contribution in [3.63, 3.8) is 0 Å². The molecular weight excluding hydrogens is 935 g/mol. The van der Waals surface area contributed by atoms with Crippen LogP contribution < -0.4 is 29.4 Å². The number of aromatic nitrogens is 2. The van der Waals surface area contributed by atoms with Crippen molar-refractivity contribution < 1.29 is 43.2 Å². The van der Waals surface area contributed by atoms with E-state index in [2.05, 4.69) is 4.98 Å². The lowest BCUT2D eigenvalue weighted by Gasteiger charge is -2.21. The van der Waals surface area contributed by atoms with Gasteiger partial charge in [-0.05, 0) is 133 Å². The lowest BCUT2D eigenvalue weighted by molar-refractivity contribution is -0.384. The number of nitro benzene ring substituents is 1. The van der Waals surface area contributed by atoms with Gasteiger partial charge in [-0.25, -0.2) is 9.78 Å². The van der Waals surface area contributed by atoms with Gasteiger partial charge in [0.25, 0.3) is 41.1 Å². The van der Waals surface area contributed by atoms with Gasteiger partial charge in [0.05, 0.1) is 17.6 Å². The zero-order chi connectivity index (χ0) is 52.8. The largest absolute Gasteiger partial charge is 0.465 e. The number of hydrogen-bond acceptors (Lipinski definition) is 11. The Labute approximate surface area is 419 Å². The molecule has 0 N–H and O–H groups in total. The normalized spacial score (nSPS) is 10.7. The molecule has 0 fully saturated rings. The first kappa shape index (κ1) is 51.1. The Bertz CT molecular complexity index is 3250. The molecule has 6 aromatic carbocycles. The molecular formula is C54H49N9O10. The molecule has 19 nitrogen and oxygen atoms in total. The molecule has 73 heavy (non-hydrogen) atoms. The van der Waals surface area contributed by atoms with Crippen molar-refractivity contribution in [2.45, 2.75) is 0 Å². The minimum absolute atomic E-state index is 0.0490. The van der Waals surface area contributed by atoms with Crippen molar-refractivity contribution in [1.82, 2.24) is 9.55 Å². The summed E-state index contributed by atoms with van der Waals surface area (Å²) in [6, 6.07) is 37.6. The van der Waals surface area contributed by atoms with Gasteiger partial charge in [-0.15, -0.1) is 0 Å². The van der Waals surface area contributed by atoms with Gasteiger partial charge >= 0.3 is 5.97 Å². The second kappa shape index (κ2) is 21.5. The number of hydrogen-bond donors (Lipinski definition) is 0. The smallest absolute Gasteiger partial charge is 0.337 e. The fraction of sp³-hybridized carbons (Fsp3) is 0.148. The predicted octanol–water partition coefficient (Wildman–Crippen LogP) is 7.77. The molecule has 0 aliphatic carbocycles. The fourth-order valence-electron chi connectivity index (χ4n) is 7.59. The molecule has 0 atom stereocenters. The van der Waals surface area contributed by atoms with E-state index in [1.165, 1.54) is 72.4 Å². The van der Waals surface area contributed by atoms with Crippen LogP contribution >= 0.6 is 0 Å². The maximum Gasteiger partial charge on any atom is 0.337 e. The van der Waals surface area contributed by atoms with Crippen LogP contribution in [0.2, 0.25) is 0 Å². The molecule has 370 valence electrons. The quantitative estimate of drug-likeness (QED) is 0.0584. The number of carbonyl (C=O) groups is 7. The monoisotopic (exact) mass is 983 g/mol. The Morgan fingerprint density at radius 2 is 0.685 bits per heavy atom. The zero-order valence-corrected chi connectivity index (χ0v) is 41.0. The van der Waals surface area contributed by atoms with Gasteiger partial charge in [-0.3, -0.25) is 43.8 Å². The number of nitro groups is 1. The third-order valence-electron chi connectivity index (χ3n) is 12.2. The minimum Gasteiger partial charge on any atom is -0.465 e. The molecule has 19 heteroatoms. The maximum atomic E-state index is 13.8. The number of methoxy groups -OCH3 is 1. The topological polar surface area (TPSA) is 209 Å². The van der Waals surface area contributed by atoms with Crippen LogP contribution in [-0.2, 0) is 11.8 Å². The van der Waals surface area contributed by atoms with Gasteiger partial charge in [0.15, 0.2) is 5.82 Å². The maximum absolute atomic E-state index is 13.8. The van der Waals surface area contributed by atoms with Crippen LogP contribution in [0.5, 0.6) is 0 Å². The fourth-order valence-corrected chi connectivity index (χ4v) is 7.59. The summed E-state index contributed by atoms with van der Waals surface area (Å²) in [4.78, 5) is 116. The van der Waals surface area contributed by atoms with E-state index in [0.29, 0.717) is 56.3 Å². The second-order valence-corrected chi connectivity index (χ2v) is 16.7. The molecule has 0 radical (unpaired) electrons. The number of anilines is 6. The minimum atomic E-state index is -0.544. The van der Waals surface area contributed by atoms with Crippen LogP contribution in [0.4, 0.5) is 39.9 Å². The van der Waals surface area contributed by atoms with E-state index in [0.717, 1.165) is 0 Å². The highest BCUT2D eigenvalue weighted by molar-refractivity contribution is 6.11. The Morgan fingerprint density at radius 3 is 0.973 bits per heavy atom. The van der Waals surface area contributed by atoms with Crippen LogP contribution in [0.15, 0.2) is 152 Å². The highest BCUT2D eigenvalue weighted by Crippen LogP contribution is 2.26. The number of ether oxygens (including phenoxy) is 1. The first-order valence-electron chi connectivity index (χ1n) is 22.3. The summed E-state index contributed by atoms with van der Waals surface area (Å²) in [5.74, 6) is -2.46. The van der Waals surface area contributed by atoms with Gasteiger partial charge < -0.3 is 33.8 Å². The molecule has 7 rings (SSSR count). The van der Waals surface area contributed by atoms with E-state index in [1.54, 1.807) is 170 Å². The van der Waals surface area contributed by atoms with Crippen LogP contribution in [0, 0.1) is 10.1 Å². The van der Waals surface area contributed by atoms with Crippen molar-refractivity contribution in [2.24, 2.45) is 7.05 Å². The number of rotatable bonds is 14. The highest BCUT2D eigenvalue weighted by Gasteiger charge is 2.25. The number of benzene rings is 6. The molecule has 0 saturated carbocycles. The molecule has 6 amide bonds. The first-order valence-corrected chi connectivity index (χ1v) is 22.3. The molecule has 0 unspecified atom stereocenters. The Kier molecular flexibility index (Phi) is 15.0. The molecule has 0 saturated heterocycles. The number of aryl methyl sites for hydroxylation is 1. The Morgan fingerprint density at radius 1 is 0.425 bits per heavy atom. The molecule has 0 aliphatic heterocycles. The van der Waals surface area contributed by atoms with E-state index in [9.17, 15) is 43.7 Å². The number of esters is 1. The van der Waals surface area contributed by atoms with Gasteiger partial charge in [-0.1, -0.05) is 0 Å². The van der Waals surface area contributed by atoms with E-state index < -0.39 is 22.7 Å². The summed E-state index contributed by atoms with van der Waals surface area (Å²) < 4.78 is 6.25. The average Bonchev–Trinajstić information content (AvgIpc) is 3.83. The van der Waals surface area contributed by atoms with Crippen molar-refractivity contribution in [3.8, 4) is 0 Å². The summed E-state index contributed by atoms with van der Waals surface area (Å²) in [5.41, 5.74) is 4.47. The SMILES string of the molecule is COC(=O)c1ccc(N(C)C(=O)c2ccc(N(C)C(=O)c3ccc(N(C)C(=O)c4nc(N(C)C(=O)c5ccc(N(C)C(=O)c6ccc(N(C)C(=O)c7ccc([N+](=O)[O-])cc7)cc6)cc5)cn4C)cc3)cc2)cc1. The lowest BCUT2D eigenvalue weighted by atomic mass is 10.1.